The lowest BCUT2D eigenvalue weighted by molar-refractivity contribution is -0.137. The number of hydrogen-bond donors (Lipinski definition) is 1. The molecule has 0 aliphatic heterocycles. The van der Waals surface area contributed by atoms with Gasteiger partial charge in [0.1, 0.15) is 0 Å². The number of hydrogen-bond acceptors (Lipinski definition) is 1. The van der Waals surface area contributed by atoms with E-state index >= 15 is 0 Å². The van der Waals surface area contributed by atoms with Crippen LogP contribution < -0.4 is 0 Å². The molecular formula is C28H50O2. The molecule has 0 aromatic rings. The van der Waals surface area contributed by atoms with Gasteiger partial charge in [0.2, 0.25) is 0 Å². The average Bonchev–Trinajstić information content (AvgIpc) is 2.73. The second-order valence-electron chi connectivity index (χ2n) is 8.54. The molecule has 0 radical (unpaired) electrons. The predicted octanol–water partition coefficient (Wildman–Crippen LogP) is 9.56. The summed E-state index contributed by atoms with van der Waals surface area (Å²) in [5, 5.41) is 8.58. The van der Waals surface area contributed by atoms with Crippen LogP contribution in [-0.4, -0.2) is 11.1 Å². The van der Waals surface area contributed by atoms with Crippen LogP contribution in [0.2, 0.25) is 0 Å². The number of unbranched alkanes of at least 4 members (excludes halogenated alkanes) is 15. The Bertz CT molecular complexity index is 434. The Balaban J connectivity index is 3.19. The Morgan fingerprint density at radius 1 is 0.533 bits per heavy atom. The Morgan fingerprint density at radius 2 is 0.900 bits per heavy atom. The fourth-order valence-electron chi connectivity index (χ4n) is 3.55. The van der Waals surface area contributed by atoms with E-state index in [0.717, 1.165) is 19.3 Å². The summed E-state index contributed by atoms with van der Waals surface area (Å²) < 4.78 is 0. The third-order valence-electron chi connectivity index (χ3n) is 5.50. The quantitative estimate of drug-likeness (QED) is 0.132. The van der Waals surface area contributed by atoms with Gasteiger partial charge in [-0.1, -0.05) is 101 Å². The van der Waals surface area contributed by atoms with Gasteiger partial charge in [-0.3, -0.25) is 4.79 Å². The number of rotatable bonds is 23. The van der Waals surface area contributed by atoms with Crippen molar-refractivity contribution in [3.05, 3.63) is 36.5 Å². The summed E-state index contributed by atoms with van der Waals surface area (Å²) in [6.07, 6.45) is 38.1. The maximum atomic E-state index is 10.4. The number of carboxylic acids is 1. The highest BCUT2D eigenvalue weighted by molar-refractivity contribution is 5.66. The van der Waals surface area contributed by atoms with Gasteiger partial charge in [-0.15, -0.1) is 0 Å². The monoisotopic (exact) mass is 418 g/mol. The van der Waals surface area contributed by atoms with Gasteiger partial charge in [-0.2, -0.15) is 0 Å². The molecule has 0 aliphatic carbocycles. The Labute approximate surface area is 187 Å². The third kappa shape index (κ3) is 26.7. The molecule has 0 unspecified atom stereocenters. The van der Waals surface area contributed by atoms with Crippen LogP contribution in [0, 0.1) is 0 Å². The molecule has 0 saturated heterocycles. The summed E-state index contributed by atoms with van der Waals surface area (Å²) in [6.45, 7) is 2.26. The molecule has 30 heavy (non-hydrogen) atoms. The highest BCUT2D eigenvalue weighted by Crippen LogP contribution is 2.11. The minimum Gasteiger partial charge on any atom is -0.481 e. The van der Waals surface area contributed by atoms with Gasteiger partial charge in [0.05, 0.1) is 0 Å². The number of allylic oxidation sites excluding steroid dienone is 6. The average molecular weight is 419 g/mol. The van der Waals surface area contributed by atoms with Crippen molar-refractivity contribution in [3.8, 4) is 0 Å². The van der Waals surface area contributed by atoms with E-state index in [1.807, 2.05) is 0 Å². The van der Waals surface area contributed by atoms with Crippen LogP contribution in [0.15, 0.2) is 36.5 Å². The number of carbonyl (C=O) groups is 1. The topological polar surface area (TPSA) is 37.3 Å². The maximum absolute atomic E-state index is 10.4. The second-order valence-corrected chi connectivity index (χ2v) is 8.54. The molecule has 0 aromatic carbocycles. The molecule has 0 spiro atoms. The van der Waals surface area contributed by atoms with E-state index in [2.05, 4.69) is 43.4 Å². The van der Waals surface area contributed by atoms with Crippen LogP contribution in [0.1, 0.15) is 135 Å². The molecule has 2 heteroatoms. The van der Waals surface area contributed by atoms with Crippen molar-refractivity contribution in [2.45, 2.75) is 135 Å². The lowest BCUT2D eigenvalue weighted by atomic mass is 10.1. The summed E-state index contributed by atoms with van der Waals surface area (Å²) in [5.41, 5.74) is 0. The Kier molecular flexibility index (Phi) is 24.6. The lowest BCUT2D eigenvalue weighted by Gasteiger charge is -2.00. The van der Waals surface area contributed by atoms with Gasteiger partial charge in [-0.05, 0) is 64.2 Å². The summed E-state index contributed by atoms with van der Waals surface area (Å²) >= 11 is 0. The highest BCUT2D eigenvalue weighted by atomic mass is 16.4. The normalized spacial score (nSPS) is 12.0. The molecule has 0 rings (SSSR count). The lowest BCUT2D eigenvalue weighted by Crippen LogP contribution is -1.93. The van der Waals surface area contributed by atoms with Crippen molar-refractivity contribution in [2.24, 2.45) is 0 Å². The van der Waals surface area contributed by atoms with E-state index in [4.69, 9.17) is 5.11 Å². The smallest absolute Gasteiger partial charge is 0.303 e. The van der Waals surface area contributed by atoms with Gasteiger partial charge in [-0.25, -0.2) is 0 Å². The first kappa shape index (κ1) is 28.7. The number of carboxylic acid groups (broad SMARTS) is 1. The minimum absolute atomic E-state index is 0.330. The summed E-state index contributed by atoms with van der Waals surface area (Å²) in [7, 11) is 0. The molecule has 0 bridgehead atoms. The molecule has 0 atom stereocenters. The molecule has 0 heterocycles. The zero-order valence-electron chi connectivity index (χ0n) is 20.0. The molecule has 0 aliphatic rings. The SMILES string of the molecule is CCCCCC=CCC=CCCCCCCCC=CCCCCCCCCC(=O)O. The van der Waals surface area contributed by atoms with Crippen LogP contribution in [0.5, 0.6) is 0 Å². The summed E-state index contributed by atoms with van der Waals surface area (Å²) in [5.74, 6) is -0.663. The first-order chi connectivity index (χ1) is 14.8. The maximum Gasteiger partial charge on any atom is 0.303 e. The van der Waals surface area contributed by atoms with Gasteiger partial charge in [0, 0.05) is 6.42 Å². The molecule has 0 saturated carbocycles. The van der Waals surface area contributed by atoms with Crippen molar-refractivity contribution < 1.29 is 9.90 Å². The van der Waals surface area contributed by atoms with Crippen LogP contribution in [0.4, 0.5) is 0 Å². The summed E-state index contributed by atoms with van der Waals surface area (Å²) in [4.78, 5) is 10.4. The van der Waals surface area contributed by atoms with Crippen molar-refractivity contribution in [3.63, 3.8) is 0 Å². The van der Waals surface area contributed by atoms with E-state index in [1.54, 1.807) is 0 Å². The van der Waals surface area contributed by atoms with E-state index in [-0.39, 0.29) is 0 Å². The molecule has 0 amide bonds. The van der Waals surface area contributed by atoms with Crippen molar-refractivity contribution in [2.75, 3.05) is 0 Å². The Morgan fingerprint density at radius 3 is 1.33 bits per heavy atom. The van der Waals surface area contributed by atoms with E-state index in [9.17, 15) is 4.79 Å². The molecule has 0 aromatic heterocycles. The predicted molar refractivity (Wildman–Crippen MR) is 133 cm³/mol. The van der Waals surface area contributed by atoms with Gasteiger partial charge >= 0.3 is 5.97 Å². The van der Waals surface area contributed by atoms with Crippen LogP contribution in [-0.2, 0) is 4.79 Å². The standard InChI is InChI=1S/C28H50O2/c1-2-3-4-5-6-7-8-9-10-11-12-13-14-15-16-17-18-19-20-21-22-23-24-25-26-27-28(29)30/h6-7,9-10,18-19H,2-5,8,11-17,20-27H2,1H3,(H,29,30). The fraction of sp³-hybridized carbons (Fsp3) is 0.750. The van der Waals surface area contributed by atoms with Crippen molar-refractivity contribution in [1.82, 2.24) is 0 Å². The number of aliphatic carboxylic acids is 1. The minimum atomic E-state index is -0.663. The van der Waals surface area contributed by atoms with E-state index in [1.165, 1.54) is 103 Å². The van der Waals surface area contributed by atoms with Crippen molar-refractivity contribution >= 4 is 5.97 Å². The van der Waals surface area contributed by atoms with E-state index in [0.29, 0.717) is 6.42 Å². The highest BCUT2D eigenvalue weighted by Gasteiger charge is 1.96. The van der Waals surface area contributed by atoms with Gasteiger partial charge in [0.15, 0.2) is 0 Å². The fourth-order valence-corrected chi connectivity index (χ4v) is 3.55. The van der Waals surface area contributed by atoms with Crippen LogP contribution in [0.25, 0.3) is 0 Å². The largest absolute Gasteiger partial charge is 0.481 e. The third-order valence-corrected chi connectivity index (χ3v) is 5.50. The second kappa shape index (κ2) is 25.7. The zero-order valence-corrected chi connectivity index (χ0v) is 20.0. The van der Waals surface area contributed by atoms with Gasteiger partial charge in [0.25, 0.3) is 0 Å². The molecular weight excluding hydrogens is 368 g/mol. The first-order valence-corrected chi connectivity index (χ1v) is 12.9. The first-order valence-electron chi connectivity index (χ1n) is 12.9. The van der Waals surface area contributed by atoms with Crippen molar-refractivity contribution in [1.29, 1.82) is 0 Å². The van der Waals surface area contributed by atoms with Gasteiger partial charge < -0.3 is 5.11 Å². The molecule has 0 fully saturated rings. The molecule has 174 valence electrons. The van der Waals surface area contributed by atoms with Crippen LogP contribution >= 0.6 is 0 Å². The van der Waals surface area contributed by atoms with Crippen LogP contribution in [0.3, 0.4) is 0 Å². The molecule has 2 nitrogen and oxygen atoms in total. The van der Waals surface area contributed by atoms with E-state index < -0.39 is 5.97 Å². The zero-order chi connectivity index (χ0) is 22.0. The summed E-state index contributed by atoms with van der Waals surface area (Å²) in [6, 6.07) is 0. The Hall–Kier alpha value is -1.31. The molecule has 1 N–H and O–H groups in total.